The topological polar surface area (TPSA) is 59.1 Å². The van der Waals surface area contributed by atoms with Crippen LogP contribution < -0.4 is 10.3 Å². The predicted octanol–water partition coefficient (Wildman–Crippen LogP) is 6.52. The average molecular weight is 419 g/mol. The van der Waals surface area contributed by atoms with E-state index in [9.17, 15) is 0 Å². The fourth-order valence-electron chi connectivity index (χ4n) is 3.45. The van der Waals surface area contributed by atoms with Crippen LogP contribution >= 0.6 is 22.9 Å². The minimum Gasteiger partial charge on any atom is -0.496 e. The molecule has 29 heavy (non-hydrogen) atoms. The number of nitrogens with one attached hydrogen (secondary N) is 1. The maximum absolute atomic E-state index is 8.38. The molecule has 0 aliphatic heterocycles. The Kier molecular flexibility index (Phi) is 4.34. The number of thiazole rings is 1. The number of hydrogen-bond donors (Lipinski definition) is 1. The van der Waals surface area contributed by atoms with Gasteiger partial charge in [-0.2, -0.15) is 0 Å². The van der Waals surface area contributed by atoms with E-state index < -0.39 is 0 Å². The van der Waals surface area contributed by atoms with Crippen LogP contribution in [0.5, 0.6) is 5.75 Å². The summed E-state index contributed by atoms with van der Waals surface area (Å²) in [6.07, 6.45) is 0. The van der Waals surface area contributed by atoms with Crippen molar-refractivity contribution in [3.05, 3.63) is 76.6 Å². The fraction of sp³-hybridized carbons (Fsp3) is 0.0435. The van der Waals surface area contributed by atoms with Gasteiger partial charge in [0, 0.05) is 21.4 Å². The Hall–Kier alpha value is -3.15. The molecule has 0 saturated carbocycles. The lowest BCUT2D eigenvalue weighted by Gasteiger charge is -2.07. The Balaban J connectivity index is 1.69. The highest BCUT2D eigenvalue weighted by Crippen LogP contribution is 2.36. The van der Waals surface area contributed by atoms with Crippen molar-refractivity contribution in [3.8, 4) is 27.6 Å². The third-order valence-corrected chi connectivity index (χ3v) is 5.96. The van der Waals surface area contributed by atoms with Crippen LogP contribution in [-0.2, 0) is 0 Å². The molecule has 5 rings (SSSR count). The second kappa shape index (κ2) is 7.03. The largest absolute Gasteiger partial charge is 0.496 e. The Morgan fingerprint density at radius 3 is 2.72 bits per heavy atom. The summed E-state index contributed by atoms with van der Waals surface area (Å²) in [5.74, 6) is 0.700. The number of aromatic nitrogens is 1. The summed E-state index contributed by atoms with van der Waals surface area (Å²) in [4.78, 5) is 4.75. The van der Waals surface area contributed by atoms with Gasteiger partial charge >= 0.3 is 0 Å². The minimum atomic E-state index is 0.0896. The molecule has 0 atom stereocenters. The smallest absolute Gasteiger partial charge is 0.222 e. The van der Waals surface area contributed by atoms with Crippen LogP contribution in [0.25, 0.3) is 43.6 Å². The highest BCUT2D eigenvalue weighted by molar-refractivity contribution is 7.13. The normalized spacial score (nSPS) is 11.2. The Bertz CT molecular complexity index is 1440. The van der Waals surface area contributed by atoms with Gasteiger partial charge in [0.25, 0.3) is 0 Å². The van der Waals surface area contributed by atoms with Crippen molar-refractivity contribution in [2.45, 2.75) is 0 Å². The molecule has 3 aromatic carbocycles. The second-order valence-corrected chi connectivity index (χ2v) is 7.86. The number of fused-ring (bicyclic) bond motifs is 3. The van der Waals surface area contributed by atoms with Gasteiger partial charge in [0.15, 0.2) is 0 Å². The molecule has 0 bridgehead atoms. The standard InChI is InChI=1S/C23H15ClN2O2S/c1-27-20-9-7-14(24)10-17(20)19-12-29-23(26-19)18-11-16-15-5-3-2-4-13(15)6-8-21(16)28-22(18)25/h2-12,25H,1H3. The molecular weight excluding hydrogens is 404 g/mol. The van der Waals surface area contributed by atoms with Gasteiger partial charge in [0.2, 0.25) is 5.55 Å². The van der Waals surface area contributed by atoms with Gasteiger partial charge < -0.3 is 9.15 Å². The van der Waals surface area contributed by atoms with Gasteiger partial charge in [0.1, 0.15) is 16.3 Å². The van der Waals surface area contributed by atoms with Crippen molar-refractivity contribution in [1.82, 2.24) is 4.98 Å². The Morgan fingerprint density at radius 2 is 1.86 bits per heavy atom. The molecule has 4 nitrogen and oxygen atoms in total. The third kappa shape index (κ3) is 3.09. The highest BCUT2D eigenvalue weighted by atomic mass is 35.5. The zero-order valence-electron chi connectivity index (χ0n) is 15.4. The molecule has 0 unspecified atom stereocenters. The molecule has 0 fully saturated rings. The molecule has 6 heteroatoms. The molecule has 0 aliphatic rings. The fourth-order valence-corrected chi connectivity index (χ4v) is 4.45. The van der Waals surface area contributed by atoms with Crippen molar-refractivity contribution in [3.63, 3.8) is 0 Å². The van der Waals surface area contributed by atoms with E-state index in [1.54, 1.807) is 13.2 Å². The number of benzene rings is 3. The molecule has 142 valence electrons. The van der Waals surface area contributed by atoms with Crippen molar-refractivity contribution in [2.75, 3.05) is 7.11 Å². The molecule has 0 saturated heterocycles. The summed E-state index contributed by atoms with van der Waals surface area (Å²) < 4.78 is 11.3. The summed E-state index contributed by atoms with van der Waals surface area (Å²) >= 11 is 7.63. The zero-order chi connectivity index (χ0) is 20.0. The van der Waals surface area contributed by atoms with E-state index in [1.807, 2.05) is 47.8 Å². The first kappa shape index (κ1) is 17.9. The van der Waals surface area contributed by atoms with Crippen LogP contribution in [0.4, 0.5) is 0 Å². The SMILES string of the molecule is COc1ccc(Cl)cc1-c1csc(-c2cc3c(ccc4ccccc43)oc2=N)n1. The third-order valence-electron chi connectivity index (χ3n) is 4.85. The van der Waals surface area contributed by atoms with E-state index in [4.69, 9.17) is 31.1 Å². The van der Waals surface area contributed by atoms with Crippen molar-refractivity contribution in [1.29, 1.82) is 5.41 Å². The maximum atomic E-state index is 8.38. The minimum absolute atomic E-state index is 0.0896. The average Bonchev–Trinajstić information content (AvgIpc) is 3.23. The predicted molar refractivity (Wildman–Crippen MR) is 118 cm³/mol. The van der Waals surface area contributed by atoms with Crippen LogP contribution in [0, 0.1) is 5.41 Å². The number of ether oxygens (including phenoxy) is 1. The molecule has 0 aliphatic carbocycles. The van der Waals surface area contributed by atoms with Gasteiger partial charge in [-0.3, -0.25) is 5.41 Å². The van der Waals surface area contributed by atoms with Gasteiger partial charge in [-0.05, 0) is 41.1 Å². The number of hydrogen-bond acceptors (Lipinski definition) is 5. The van der Waals surface area contributed by atoms with Crippen LogP contribution in [0.3, 0.4) is 0 Å². The quantitative estimate of drug-likeness (QED) is 0.339. The number of methoxy groups -OCH3 is 1. The molecule has 0 radical (unpaired) electrons. The molecule has 2 aromatic heterocycles. The van der Waals surface area contributed by atoms with Crippen LogP contribution in [0.1, 0.15) is 0 Å². The van der Waals surface area contributed by atoms with E-state index in [0.29, 0.717) is 26.9 Å². The molecule has 0 amide bonds. The lowest BCUT2D eigenvalue weighted by molar-refractivity contribution is 0.416. The van der Waals surface area contributed by atoms with Gasteiger partial charge in [-0.15, -0.1) is 11.3 Å². The van der Waals surface area contributed by atoms with E-state index in [1.165, 1.54) is 11.3 Å². The van der Waals surface area contributed by atoms with E-state index in [0.717, 1.165) is 27.4 Å². The van der Waals surface area contributed by atoms with Crippen LogP contribution in [0.2, 0.25) is 5.02 Å². The number of nitrogens with zero attached hydrogens (tertiary/aromatic N) is 1. The summed E-state index contributed by atoms with van der Waals surface area (Å²) in [6.45, 7) is 0. The summed E-state index contributed by atoms with van der Waals surface area (Å²) in [5.41, 5.74) is 3.00. The van der Waals surface area contributed by atoms with Crippen molar-refractivity contribution in [2.24, 2.45) is 0 Å². The van der Waals surface area contributed by atoms with E-state index >= 15 is 0 Å². The van der Waals surface area contributed by atoms with Crippen LogP contribution in [0.15, 0.2) is 70.5 Å². The van der Waals surface area contributed by atoms with E-state index in [-0.39, 0.29) is 5.55 Å². The second-order valence-electron chi connectivity index (χ2n) is 6.57. The summed E-state index contributed by atoms with van der Waals surface area (Å²) in [5, 5.41) is 14.8. The maximum Gasteiger partial charge on any atom is 0.222 e. The first-order valence-electron chi connectivity index (χ1n) is 8.94. The lowest BCUT2D eigenvalue weighted by Crippen LogP contribution is -2.03. The Labute approximate surface area is 175 Å². The summed E-state index contributed by atoms with van der Waals surface area (Å²) in [7, 11) is 1.62. The van der Waals surface area contributed by atoms with Crippen molar-refractivity contribution < 1.29 is 9.15 Å². The first-order chi connectivity index (χ1) is 14.1. The van der Waals surface area contributed by atoms with Crippen LogP contribution in [-0.4, -0.2) is 12.1 Å². The molecule has 1 N–H and O–H groups in total. The molecular formula is C23H15ClN2O2S. The van der Waals surface area contributed by atoms with Gasteiger partial charge in [-0.1, -0.05) is 41.9 Å². The highest BCUT2D eigenvalue weighted by Gasteiger charge is 2.15. The first-order valence-corrected chi connectivity index (χ1v) is 10.2. The number of rotatable bonds is 3. The Morgan fingerprint density at radius 1 is 1.00 bits per heavy atom. The zero-order valence-corrected chi connectivity index (χ0v) is 17.0. The van der Waals surface area contributed by atoms with E-state index in [2.05, 4.69) is 12.1 Å². The monoisotopic (exact) mass is 418 g/mol. The summed E-state index contributed by atoms with van der Waals surface area (Å²) in [6, 6.07) is 19.5. The number of halogens is 1. The van der Waals surface area contributed by atoms with Crippen molar-refractivity contribution >= 4 is 44.7 Å². The molecule has 0 spiro atoms. The molecule has 2 heterocycles. The van der Waals surface area contributed by atoms with Gasteiger partial charge in [-0.25, -0.2) is 4.98 Å². The lowest BCUT2D eigenvalue weighted by atomic mass is 10.0. The molecule has 5 aromatic rings. The van der Waals surface area contributed by atoms with Gasteiger partial charge in [0.05, 0.1) is 18.4 Å².